The highest BCUT2D eigenvalue weighted by Gasteiger charge is 2.55. The summed E-state index contributed by atoms with van der Waals surface area (Å²) >= 11 is 0. The van der Waals surface area contributed by atoms with Gasteiger partial charge in [0.05, 0.1) is 5.56 Å². The Hall–Kier alpha value is -2.31. The molecule has 0 unspecified atom stereocenters. The predicted molar refractivity (Wildman–Crippen MR) is 117 cm³/mol. The van der Waals surface area contributed by atoms with Crippen LogP contribution < -0.4 is 4.74 Å². The van der Waals surface area contributed by atoms with Gasteiger partial charge in [0, 0.05) is 24.6 Å². The summed E-state index contributed by atoms with van der Waals surface area (Å²) in [4.78, 5) is 26.3. The standard InChI is InChI=1S/C25H34FNO5/c1-23(2,3)31-21(28)18-9-17(15-7-8-15)20(10-19(18)26)30-16-11-25(12-16)13-27(14-25)22(29)32-24(4,5)6/h9-10,15-16H,7-8,11-14H2,1-6H3. The number of hydrogen-bond donors (Lipinski definition) is 0. The number of hydrogen-bond acceptors (Lipinski definition) is 5. The van der Waals surface area contributed by atoms with Crippen molar-refractivity contribution >= 4 is 12.1 Å². The van der Waals surface area contributed by atoms with Crippen LogP contribution in [-0.2, 0) is 9.47 Å². The fraction of sp³-hybridized carbons (Fsp3) is 0.680. The zero-order chi connectivity index (χ0) is 23.5. The molecule has 1 aromatic carbocycles. The molecule has 1 aromatic rings. The number of likely N-dealkylation sites (tertiary alicyclic amines) is 1. The topological polar surface area (TPSA) is 65.1 Å². The monoisotopic (exact) mass is 447 g/mol. The molecule has 2 saturated carbocycles. The Morgan fingerprint density at radius 3 is 2.12 bits per heavy atom. The van der Waals surface area contributed by atoms with Gasteiger partial charge in [-0.1, -0.05) is 0 Å². The van der Waals surface area contributed by atoms with Gasteiger partial charge in [0.1, 0.15) is 28.9 Å². The third kappa shape index (κ3) is 5.02. The van der Waals surface area contributed by atoms with Crippen molar-refractivity contribution in [3.8, 4) is 5.75 Å². The third-order valence-electron chi connectivity index (χ3n) is 6.05. The van der Waals surface area contributed by atoms with E-state index in [0.717, 1.165) is 31.2 Å². The van der Waals surface area contributed by atoms with Crippen LogP contribution in [0.3, 0.4) is 0 Å². The Labute approximate surface area is 189 Å². The van der Waals surface area contributed by atoms with Crippen LogP contribution in [0.5, 0.6) is 5.75 Å². The van der Waals surface area contributed by atoms with Crippen LogP contribution in [0.25, 0.3) is 0 Å². The van der Waals surface area contributed by atoms with Crippen molar-refractivity contribution < 1.29 is 28.2 Å². The van der Waals surface area contributed by atoms with Gasteiger partial charge in [-0.25, -0.2) is 14.0 Å². The molecule has 0 bridgehead atoms. The van der Waals surface area contributed by atoms with Crippen molar-refractivity contribution in [3.05, 3.63) is 29.1 Å². The third-order valence-corrected chi connectivity index (χ3v) is 6.05. The van der Waals surface area contributed by atoms with Crippen molar-refractivity contribution in [2.75, 3.05) is 13.1 Å². The van der Waals surface area contributed by atoms with Gasteiger partial charge in [-0.2, -0.15) is 0 Å². The fourth-order valence-corrected chi connectivity index (χ4v) is 4.52. The molecule has 1 spiro atoms. The Morgan fingerprint density at radius 2 is 1.59 bits per heavy atom. The van der Waals surface area contributed by atoms with E-state index in [9.17, 15) is 14.0 Å². The average Bonchev–Trinajstić information content (AvgIpc) is 3.37. The molecule has 1 amide bonds. The smallest absolute Gasteiger partial charge is 0.410 e. The average molecular weight is 448 g/mol. The quantitative estimate of drug-likeness (QED) is 0.576. The highest BCUT2D eigenvalue weighted by molar-refractivity contribution is 5.90. The number of rotatable bonds is 4. The summed E-state index contributed by atoms with van der Waals surface area (Å²) in [7, 11) is 0. The van der Waals surface area contributed by atoms with Crippen LogP contribution in [0.2, 0.25) is 0 Å². The molecule has 7 heteroatoms. The molecule has 4 rings (SSSR count). The lowest BCUT2D eigenvalue weighted by molar-refractivity contribution is -0.116. The lowest BCUT2D eigenvalue weighted by Crippen LogP contribution is -2.66. The zero-order valence-electron chi connectivity index (χ0n) is 19.9. The van der Waals surface area contributed by atoms with E-state index in [-0.39, 0.29) is 23.2 Å². The number of carbonyl (C=O) groups is 2. The first kappa shape index (κ1) is 22.9. The summed E-state index contributed by atoms with van der Waals surface area (Å²) < 4.78 is 31.7. The lowest BCUT2D eigenvalue weighted by atomic mass is 9.62. The largest absolute Gasteiger partial charge is 0.490 e. The Bertz CT molecular complexity index is 911. The second-order valence-electron chi connectivity index (χ2n) is 11.6. The van der Waals surface area contributed by atoms with E-state index in [0.29, 0.717) is 24.8 Å². The number of esters is 1. The van der Waals surface area contributed by atoms with Crippen molar-refractivity contribution in [1.29, 1.82) is 0 Å². The van der Waals surface area contributed by atoms with Crippen molar-refractivity contribution in [3.63, 3.8) is 0 Å². The normalized spacial score (nSPS) is 20.4. The molecule has 0 radical (unpaired) electrons. The Kier molecular flexibility index (Phi) is 5.45. The van der Waals surface area contributed by atoms with Gasteiger partial charge in [-0.3, -0.25) is 0 Å². The van der Waals surface area contributed by atoms with E-state index in [2.05, 4.69) is 0 Å². The van der Waals surface area contributed by atoms with Crippen LogP contribution in [0.4, 0.5) is 9.18 Å². The summed E-state index contributed by atoms with van der Waals surface area (Å²) in [6.45, 7) is 12.2. The number of carbonyl (C=O) groups excluding carboxylic acids is 2. The summed E-state index contributed by atoms with van der Waals surface area (Å²) in [6.07, 6.45) is 3.38. The minimum Gasteiger partial charge on any atom is -0.490 e. The van der Waals surface area contributed by atoms with Gasteiger partial charge in [0.25, 0.3) is 0 Å². The molecule has 2 aliphatic carbocycles. The molecule has 1 saturated heterocycles. The summed E-state index contributed by atoms with van der Waals surface area (Å²) in [6, 6.07) is 2.95. The van der Waals surface area contributed by atoms with Gasteiger partial charge in [-0.15, -0.1) is 0 Å². The molecule has 0 aromatic heterocycles. The molecule has 0 N–H and O–H groups in total. The predicted octanol–water partition coefficient (Wildman–Crippen LogP) is 5.44. The highest BCUT2D eigenvalue weighted by atomic mass is 19.1. The highest BCUT2D eigenvalue weighted by Crippen LogP contribution is 2.52. The van der Waals surface area contributed by atoms with Crippen LogP contribution in [0.1, 0.15) is 89.1 Å². The molecule has 176 valence electrons. The summed E-state index contributed by atoms with van der Waals surface area (Å²) in [5.74, 6) is -0.442. The van der Waals surface area contributed by atoms with Crippen LogP contribution in [0, 0.1) is 11.2 Å². The van der Waals surface area contributed by atoms with Gasteiger partial charge < -0.3 is 19.1 Å². The number of nitrogens with zero attached hydrogens (tertiary/aromatic N) is 1. The number of halogens is 1. The van der Waals surface area contributed by atoms with Gasteiger partial charge >= 0.3 is 12.1 Å². The van der Waals surface area contributed by atoms with E-state index < -0.39 is 23.0 Å². The molecule has 6 nitrogen and oxygen atoms in total. The first-order valence-corrected chi connectivity index (χ1v) is 11.5. The van der Waals surface area contributed by atoms with Crippen LogP contribution >= 0.6 is 0 Å². The van der Waals surface area contributed by atoms with Crippen molar-refractivity contribution in [2.45, 2.75) is 90.4 Å². The number of amides is 1. The number of ether oxygens (including phenoxy) is 3. The molecule has 1 heterocycles. The van der Waals surface area contributed by atoms with E-state index >= 15 is 0 Å². The van der Waals surface area contributed by atoms with Crippen LogP contribution in [0.15, 0.2) is 12.1 Å². The van der Waals surface area contributed by atoms with E-state index in [1.54, 1.807) is 31.7 Å². The summed E-state index contributed by atoms with van der Waals surface area (Å²) in [5, 5.41) is 0. The minimum absolute atomic E-state index is 0.0138. The molecule has 32 heavy (non-hydrogen) atoms. The zero-order valence-corrected chi connectivity index (χ0v) is 19.9. The molecule has 1 aliphatic heterocycles. The van der Waals surface area contributed by atoms with Crippen molar-refractivity contribution in [1.82, 2.24) is 4.90 Å². The molecule has 3 fully saturated rings. The fourth-order valence-electron chi connectivity index (χ4n) is 4.52. The maximum atomic E-state index is 14.8. The van der Waals surface area contributed by atoms with Crippen LogP contribution in [-0.4, -0.2) is 47.4 Å². The van der Waals surface area contributed by atoms with Crippen molar-refractivity contribution in [2.24, 2.45) is 5.41 Å². The number of benzene rings is 1. The maximum absolute atomic E-state index is 14.8. The van der Waals surface area contributed by atoms with E-state index in [1.807, 2.05) is 20.8 Å². The molecular formula is C25H34FNO5. The molecular weight excluding hydrogens is 413 g/mol. The SMILES string of the molecule is CC(C)(C)OC(=O)c1cc(C2CC2)c(OC2CC3(C2)CN(C(=O)OC(C)(C)C)C3)cc1F. The Balaban J connectivity index is 1.37. The van der Waals surface area contributed by atoms with Gasteiger partial charge in [0.2, 0.25) is 0 Å². The van der Waals surface area contributed by atoms with Gasteiger partial charge in [0.15, 0.2) is 0 Å². The Morgan fingerprint density at radius 1 is 1.00 bits per heavy atom. The van der Waals surface area contributed by atoms with E-state index in [4.69, 9.17) is 14.2 Å². The van der Waals surface area contributed by atoms with Gasteiger partial charge in [-0.05, 0) is 84.8 Å². The first-order valence-electron chi connectivity index (χ1n) is 11.5. The lowest BCUT2D eigenvalue weighted by Gasteiger charge is -2.58. The summed E-state index contributed by atoms with van der Waals surface area (Å²) in [5.41, 5.74) is -0.256. The van der Waals surface area contributed by atoms with E-state index in [1.165, 1.54) is 6.07 Å². The molecule has 0 atom stereocenters. The second kappa shape index (κ2) is 7.63. The molecule has 3 aliphatic rings. The minimum atomic E-state index is -0.686. The maximum Gasteiger partial charge on any atom is 0.410 e. The second-order valence-corrected chi connectivity index (χ2v) is 11.6. The first-order chi connectivity index (χ1) is 14.7.